The van der Waals surface area contributed by atoms with Gasteiger partial charge in [-0.3, -0.25) is 9.59 Å². The summed E-state index contributed by atoms with van der Waals surface area (Å²) < 4.78 is 5.43. The van der Waals surface area contributed by atoms with Crippen molar-refractivity contribution in [3.05, 3.63) is 36.5 Å². The maximum atomic E-state index is 12.3. The largest absolute Gasteiger partial charge is 0.466 e. The van der Waals surface area contributed by atoms with Crippen molar-refractivity contribution in [3.8, 4) is 0 Å². The van der Waals surface area contributed by atoms with Gasteiger partial charge in [0.2, 0.25) is 5.91 Å². The lowest BCUT2D eigenvalue weighted by atomic mass is 10.1. The molecular weight excluding hydrogens is 671 g/mol. The molecule has 0 radical (unpaired) electrons. The summed E-state index contributed by atoms with van der Waals surface area (Å²) in [5.74, 6) is -0.175. The molecule has 1 amide bonds. The van der Waals surface area contributed by atoms with Gasteiger partial charge in [0.25, 0.3) is 0 Å². The fourth-order valence-corrected chi connectivity index (χ4v) is 6.75. The fourth-order valence-electron chi connectivity index (χ4n) is 6.75. The first kappa shape index (κ1) is 52.1. The summed E-state index contributed by atoms with van der Waals surface area (Å²) in [6.07, 6.45) is 51.5. The molecule has 0 heterocycles. The van der Waals surface area contributed by atoms with Crippen LogP contribution in [-0.2, 0) is 14.3 Å². The first-order valence-corrected chi connectivity index (χ1v) is 23.3. The number of esters is 1. The van der Waals surface area contributed by atoms with E-state index in [1.54, 1.807) is 6.08 Å². The Balaban J connectivity index is 3.55. The zero-order valence-electron chi connectivity index (χ0n) is 35.7. The molecule has 54 heavy (non-hydrogen) atoms. The van der Waals surface area contributed by atoms with Gasteiger partial charge < -0.3 is 20.3 Å². The standard InChI is InChI=1S/C48H89NO5/c1-3-5-7-9-11-13-15-16-17-18-19-20-21-22-26-30-34-38-42-48(53)54-43-39-35-31-27-23-25-29-33-37-41-47(52)49-45(44-50)46(51)40-36-32-28-24-14-12-10-8-6-4-2/h17-18,25,29,36,40,45-46,50-51H,3-16,19-24,26-28,30-35,37-39,41-44H2,1-2H3,(H,49,52)/b18-17-,29-25-,40-36+. The number of carbonyl (C=O) groups excluding carboxylic acids is 2. The Morgan fingerprint density at radius 2 is 0.889 bits per heavy atom. The van der Waals surface area contributed by atoms with Gasteiger partial charge in [-0.1, -0.05) is 179 Å². The third kappa shape index (κ3) is 39.8. The number of unbranched alkanes of at least 4 members (excludes halogenated alkanes) is 27. The van der Waals surface area contributed by atoms with Crippen molar-refractivity contribution in [2.75, 3.05) is 13.2 Å². The monoisotopic (exact) mass is 760 g/mol. The van der Waals surface area contributed by atoms with Crippen molar-refractivity contribution in [2.24, 2.45) is 0 Å². The van der Waals surface area contributed by atoms with Crippen LogP contribution in [0.5, 0.6) is 0 Å². The van der Waals surface area contributed by atoms with E-state index < -0.39 is 12.1 Å². The summed E-state index contributed by atoms with van der Waals surface area (Å²) in [6.45, 7) is 4.77. The van der Waals surface area contributed by atoms with Crippen LogP contribution < -0.4 is 5.32 Å². The molecular formula is C48H89NO5. The van der Waals surface area contributed by atoms with Crippen LogP contribution in [0.1, 0.15) is 232 Å². The van der Waals surface area contributed by atoms with Gasteiger partial charge >= 0.3 is 5.97 Å². The van der Waals surface area contributed by atoms with E-state index in [0.29, 0.717) is 19.4 Å². The molecule has 0 fully saturated rings. The number of amides is 1. The van der Waals surface area contributed by atoms with Crippen LogP contribution in [0.25, 0.3) is 0 Å². The van der Waals surface area contributed by atoms with Gasteiger partial charge in [0.15, 0.2) is 0 Å². The van der Waals surface area contributed by atoms with Crippen LogP contribution in [0.4, 0.5) is 0 Å². The number of nitrogens with one attached hydrogen (secondary N) is 1. The Morgan fingerprint density at radius 3 is 1.35 bits per heavy atom. The van der Waals surface area contributed by atoms with Crippen LogP contribution in [0.15, 0.2) is 36.5 Å². The minimum absolute atomic E-state index is 0.0425. The maximum absolute atomic E-state index is 12.3. The lowest BCUT2D eigenvalue weighted by Gasteiger charge is -2.19. The predicted molar refractivity (Wildman–Crippen MR) is 232 cm³/mol. The van der Waals surface area contributed by atoms with Gasteiger partial charge in [-0.15, -0.1) is 0 Å². The van der Waals surface area contributed by atoms with E-state index >= 15 is 0 Å². The van der Waals surface area contributed by atoms with Crippen LogP contribution in [0.3, 0.4) is 0 Å². The Hall–Kier alpha value is -1.92. The molecule has 0 aliphatic heterocycles. The molecule has 0 saturated heterocycles. The van der Waals surface area contributed by atoms with Gasteiger partial charge in [0, 0.05) is 12.8 Å². The first-order valence-electron chi connectivity index (χ1n) is 23.3. The normalized spacial score (nSPS) is 13.0. The second-order valence-corrected chi connectivity index (χ2v) is 15.7. The van der Waals surface area contributed by atoms with E-state index in [0.717, 1.165) is 70.6 Å². The van der Waals surface area contributed by atoms with Crippen LogP contribution in [0, 0.1) is 0 Å². The minimum Gasteiger partial charge on any atom is -0.466 e. The summed E-state index contributed by atoms with van der Waals surface area (Å²) in [4.78, 5) is 24.4. The van der Waals surface area contributed by atoms with Crippen molar-refractivity contribution in [1.29, 1.82) is 0 Å². The molecule has 0 bridgehead atoms. The van der Waals surface area contributed by atoms with Gasteiger partial charge in [-0.05, 0) is 77.0 Å². The first-order chi connectivity index (χ1) is 26.5. The van der Waals surface area contributed by atoms with Crippen molar-refractivity contribution in [1.82, 2.24) is 5.32 Å². The molecule has 2 atom stereocenters. The van der Waals surface area contributed by atoms with Crippen molar-refractivity contribution in [2.45, 2.75) is 244 Å². The van der Waals surface area contributed by atoms with Crippen molar-refractivity contribution in [3.63, 3.8) is 0 Å². The molecule has 3 N–H and O–H groups in total. The summed E-state index contributed by atoms with van der Waals surface area (Å²) >= 11 is 0. The second-order valence-electron chi connectivity index (χ2n) is 15.7. The molecule has 0 spiro atoms. The topological polar surface area (TPSA) is 95.9 Å². The summed E-state index contributed by atoms with van der Waals surface area (Å²) in [5, 5.41) is 22.8. The number of aliphatic hydroxyl groups excluding tert-OH is 2. The number of hydrogen-bond acceptors (Lipinski definition) is 5. The number of carbonyl (C=O) groups is 2. The molecule has 0 rings (SSSR count). The van der Waals surface area contributed by atoms with Gasteiger partial charge in [0.1, 0.15) is 0 Å². The maximum Gasteiger partial charge on any atom is 0.305 e. The number of rotatable bonds is 42. The van der Waals surface area contributed by atoms with E-state index in [1.165, 1.54) is 135 Å². The van der Waals surface area contributed by atoms with E-state index in [-0.39, 0.29) is 18.5 Å². The van der Waals surface area contributed by atoms with Gasteiger partial charge in [0.05, 0.1) is 25.4 Å². The molecule has 0 aromatic carbocycles. The smallest absolute Gasteiger partial charge is 0.305 e. The molecule has 6 heteroatoms. The summed E-state index contributed by atoms with van der Waals surface area (Å²) in [7, 11) is 0. The zero-order valence-corrected chi connectivity index (χ0v) is 35.7. The zero-order chi connectivity index (χ0) is 39.4. The van der Waals surface area contributed by atoms with E-state index in [1.807, 2.05) is 6.08 Å². The SMILES string of the molecule is CCCCCCCCC/C=C\CCCCCCCCCC(=O)OCCCCCC/C=C\CCCC(=O)NC(CO)C(O)/C=C/CCCCCCCCCC. The molecule has 0 aliphatic carbocycles. The highest BCUT2D eigenvalue weighted by Crippen LogP contribution is 2.13. The van der Waals surface area contributed by atoms with Crippen LogP contribution in [-0.4, -0.2) is 47.4 Å². The van der Waals surface area contributed by atoms with Crippen molar-refractivity contribution >= 4 is 11.9 Å². The Bertz CT molecular complexity index is 884. The fraction of sp³-hybridized carbons (Fsp3) is 0.833. The third-order valence-corrected chi connectivity index (χ3v) is 10.4. The Morgan fingerprint density at radius 1 is 0.500 bits per heavy atom. The molecule has 0 saturated carbocycles. The number of aliphatic hydroxyl groups is 2. The lowest BCUT2D eigenvalue weighted by Crippen LogP contribution is -2.45. The van der Waals surface area contributed by atoms with E-state index in [2.05, 4.69) is 43.5 Å². The second kappa shape index (κ2) is 43.8. The summed E-state index contributed by atoms with van der Waals surface area (Å²) in [6, 6.07) is -0.664. The quantitative estimate of drug-likeness (QED) is 0.0327. The lowest BCUT2D eigenvalue weighted by molar-refractivity contribution is -0.143. The number of ether oxygens (including phenoxy) is 1. The predicted octanol–water partition coefficient (Wildman–Crippen LogP) is 13.3. The van der Waals surface area contributed by atoms with E-state index in [4.69, 9.17) is 4.74 Å². The number of hydrogen-bond donors (Lipinski definition) is 3. The Kier molecular flexibility index (Phi) is 42.2. The average Bonchev–Trinajstić information content (AvgIpc) is 3.17. The van der Waals surface area contributed by atoms with Crippen molar-refractivity contribution < 1.29 is 24.5 Å². The highest BCUT2D eigenvalue weighted by molar-refractivity contribution is 5.76. The summed E-state index contributed by atoms with van der Waals surface area (Å²) in [5.41, 5.74) is 0. The van der Waals surface area contributed by atoms with Crippen LogP contribution >= 0.6 is 0 Å². The number of allylic oxidation sites excluding steroid dienone is 5. The highest BCUT2D eigenvalue weighted by Gasteiger charge is 2.17. The average molecular weight is 760 g/mol. The van der Waals surface area contributed by atoms with E-state index in [9.17, 15) is 19.8 Å². The highest BCUT2D eigenvalue weighted by atomic mass is 16.5. The van der Waals surface area contributed by atoms with Crippen LogP contribution in [0.2, 0.25) is 0 Å². The molecule has 0 aliphatic rings. The molecule has 2 unspecified atom stereocenters. The van der Waals surface area contributed by atoms with Gasteiger partial charge in [-0.2, -0.15) is 0 Å². The Labute approximate surface area is 334 Å². The molecule has 0 aromatic heterocycles. The molecule has 6 nitrogen and oxygen atoms in total. The third-order valence-electron chi connectivity index (χ3n) is 10.4. The van der Waals surface area contributed by atoms with Gasteiger partial charge in [-0.25, -0.2) is 0 Å². The minimum atomic E-state index is -0.873. The molecule has 0 aromatic rings. The molecule has 316 valence electrons.